The van der Waals surface area contributed by atoms with E-state index in [4.69, 9.17) is 9.84 Å². The number of carbonyl (C=O) groups is 1. The van der Waals surface area contributed by atoms with Crippen LogP contribution in [0.15, 0.2) is 30.3 Å². The Morgan fingerprint density at radius 1 is 1.37 bits per heavy atom. The molecule has 1 N–H and O–H groups in total. The molecule has 0 radical (unpaired) electrons. The molecule has 0 saturated carbocycles. The van der Waals surface area contributed by atoms with Gasteiger partial charge in [-0.15, -0.1) is 0 Å². The van der Waals surface area contributed by atoms with E-state index in [1.54, 1.807) is 6.08 Å². The Morgan fingerprint density at radius 2 is 2.05 bits per heavy atom. The summed E-state index contributed by atoms with van der Waals surface area (Å²) >= 11 is 0. The average molecular weight is 261 g/mol. The van der Waals surface area contributed by atoms with Crippen molar-refractivity contribution in [1.29, 1.82) is 0 Å². The number of morpholine rings is 1. The molecule has 0 aromatic heterocycles. The van der Waals surface area contributed by atoms with Crippen molar-refractivity contribution in [1.82, 2.24) is 0 Å². The van der Waals surface area contributed by atoms with Crippen LogP contribution in [0, 0.1) is 0 Å². The minimum atomic E-state index is -0.931. The van der Waals surface area contributed by atoms with Gasteiger partial charge < -0.3 is 14.7 Å². The minimum absolute atomic E-state index is 0.239. The number of ether oxygens (including phenoxy) is 1. The van der Waals surface area contributed by atoms with Crippen LogP contribution in [0.1, 0.15) is 19.4 Å². The molecule has 0 aliphatic carbocycles. The lowest BCUT2D eigenvalue weighted by molar-refractivity contribution is -0.131. The molecular weight excluding hydrogens is 242 g/mol. The van der Waals surface area contributed by atoms with Gasteiger partial charge in [0.15, 0.2) is 0 Å². The first-order valence-corrected chi connectivity index (χ1v) is 6.45. The zero-order chi connectivity index (χ0) is 13.8. The van der Waals surface area contributed by atoms with Gasteiger partial charge in [0, 0.05) is 24.4 Å². The van der Waals surface area contributed by atoms with Gasteiger partial charge in [-0.25, -0.2) is 4.79 Å². The van der Waals surface area contributed by atoms with Gasteiger partial charge in [-0.2, -0.15) is 0 Å². The topological polar surface area (TPSA) is 49.8 Å². The molecule has 1 aromatic rings. The summed E-state index contributed by atoms with van der Waals surface area (Å²) in [5.74, 6) is -0.931. The minimum Gasteiger partial charge on any atom is -0.478 e. The van der Waals surface area contributed by atoms with Crippen LogP contribution < -0.4 is 4.90 Å². The van der Waals surface area contributed by atoms with Crippen LogP contribution in [0.3, 0.4) is 0 Å². The lowest BCUT2D eigenvalue weighted by Crippen LogP contribution is -2.47. The second-order valence-corrected chi connectivity index (χ2v) is 4.91. The number of hydrogen-bond donors (Lipinski definition) is 1. The molecule has 0 amide bonds. The van der Waals surface area contributed by atoms with Crippen LogP contribution in [-0.4, -0.2) is 36.4 Å². The van der Waals surface area contributed by atoms with Crippen molar-refractivity contribution in [3.63, 3.8) is 0 Å². The summed E-state index contributed by atoms with van der Waals surface area (Å²) in [6, 6.07) is 8.27. The van der Waals surface area contributed by atoms with E-state index in [1.807, 2.05) is 24.3 Å². The molecular formula is C15H19NO3. The number of rotatable bonds is 3. The Labute approximate surface area is 113 Å². The van der Waals surface area contributed by atoms with Crippen molar-refractivity contribution in [3.05, 3.63) is 35.9 Å². The summed E-state index contributed by atoms with van der Waals surface area (Å²) in [5.41, 5.74) is 2.04. The summed E-state index contributed by atoms with van der Waals surface area (Å²) in [6.45, 7) is 5.83. The summed E-state index contributed by atoms with van der Waals surface area (Å²) in [4.78, 5) is 12.8. The predicted octanol–water partition coefficient (Wildman–Crippen LogP) is 2.40. The van der Waals surface area contributed by atoms with Crippen molar-refractivity contribution in [2.45, 2.75) is 26.0 Å². The van der Waals surface area contributed by atoms with Crippen molar-refractivity contribution in [2.75, 3.05) is 18.1 Å². The van der Waals surface area contributed by atoms with Gasteiger partial charge in [0.05, 0.1) is 12.7 Å². The quantitative estimate of drug-likeness (QED) is 0.849. The smallest absolute Gasteiger partial charge is 0.328 e. The Morgan fingerprint density at radius 3 is 2.68 bits per heavy atom. The largest absolute Gasteiger partial charge is 0.478 e. The number of aliphatic carboxylic acids is 1. The molecule has 1 aliphatic rings. The van der Waals surface area contributed by atoms with Crippen LogP contribution in [-0.2, 0) is 9.53 Å². The van der Waals surface area contributed by atoms with Crippen molar-refractivity contribution in [3.8, 4) is 0 Å². The summed E-state index contributed by atoms with van der Waals surface area (Å²) in [7, 11) is 0. The summed E-state index contributed by atoms with van der Waals surface area (Å²) in [5, 5.41) is 8.59. The Balaban J connectivity index is 2.11. The second kappa shape index (κ2) is 5.89. The van der Waals surface area contributed by atoms with Crippen LogP contribution in [0.2, 0.25) is 0 Å². The van der Waals surface area contributed by atoms with Gasteiger partial charge in [0.2, 0.25) is 0 Å². The Kier molecular flexibility index (Phi) is 4.22. The average Bonchev–Trinajstić information content (AvgIpc) is 2.40. The first kappa shape index (κ1) is 13.6. The fourth-order valence-corrected chi connectivity index (χ4v) is 2.21. The van der Waals surface area contributed by atoms with E-state index >= 15 is 0 Å². The van der Waals surface area contributed by atoms with Crippen molar-refractivity contribution >= 4 is 17.7 Å². The highest BCUT2D eigenvalue weighted by Crippen LogP contribution is 2.22. The monoisotopic (exact) mass is 261 g/mol. The maximum Gasteiger partial charge on any atom is 0.328 e. The number of nitrogens with zero attached hydrogens (tertiary/aromatic N) is 1. The fraction of sp³-hybridized carbons (Fsp3) is 0.400. The summed E-state index contributed by atoms with van der Waals surface area (Å²) in [6.07, 6.45) is 2.98. The molecule has 2 rings (SSSR count). The van der Waals surface area contributed by atoms with Crippen molar-refractivity contribution in [2.24, 2.45) is 0 Å². The third-order valence-corrected chi connectivity index (χ3v) is 3.25. The van der Waals surface area contributed by atoms with Crippen LogP contribution in [0.5, 0.6) is 0 Å². The number of carboxylic acids is 1. The zero-order valence-corrected chi connectivity index (χ0v) is 11.2. The molecule has 102 valence electrons. The van der Waals surface area contributed by atoms with E-state index in [0.29, 0.717) is 6.04 Å². The Bertz CT molecular complexity index is 467. The van der Waals surface area contributed by atoms with Gasteiger partial charge in [0.25, 0.3) is 0 Å². The van der Waals surface area contributed by atoms with Crippen LogP contribution >= 0.6 is 0 Å². The molecule has 0 spiro atoms. The van der Waals surface area contributed by atoms with Crippen LogP contribution in [0.25, 0.3) is 6.08 Å². The number of hydrogen-bond acceptors (Lipinski definition) is 3. The highest BCUT2D eigenvalue weighted by atomic mass is 16.5. The van der Waals surface area contributed by atoms with Gasteiger partial charge >= 0.3 is 5.97 Å². The molecule has 0 bridgehead atoms. The molecule has 4 nitrogen and oxygen atoms in total. The number of benzene rings is 1. The fourth-order valence-electron chi connectivity index (χ4n) is 2.21. The molecule has 2 unspecified atom stereocenters. The standard InChI is InChI=1S/C15H19NO3/c1-11-10-19-12(2)9-16(11)14-6-3-13(4-7-14)5-8-15(17)18/h3-8,11-12H,9-10H2,1-2H3,(H,17,18)/b8-5+. The first-order chi connectivity index (χ1) is 9.06. The molecule has 2 atom stereocenters. The molecule has 1 aliphatic heterocycles. The van der Waals surface area contributed by atoms with Crippen LogP contribution in [0.4, 0.5) is 5.69 Å². The number of carboxylic acid groups (broad SMARTS) is 1. The van der Waals surface area contributed by atoms with E-state index in [-0.39, 0.29) is 6.10 Å². The van der Waals surface area contributed by atoms with E-state index in [9.17, 15) is 4.79 Å². The molecule has 1 heterocycles. The van der Waals surface area contributed by atoms with Gasteiger partial charge in [-0.3, -0.25) is 0 Å². The normalized spacial score (nSPS) is 23.8. The number of anilines is 1. The van der Waals surface area contributed by atoms with Crippen molar-refractivity contribution < 1.29 is 14.6 Å². The van der Waals surface area contributed by atoms with Gasteiger partial charge in [-0.1, -0.05) is 12.1 Å². The molecule has 4 heteroatoms. The second-order valence-electron chi connectivity index (χ2n) is 4.91. The van der Waals surface area contributed by atoms with Gasteiger partial charge in [0.1, 0.15) is 0 Å². The third kappa shape index (κ3) is 3.58. The SMILES string of the molecule is CC1CN(c2ccc(/C=C/C(=O)O)cc2)C(C)CO1. The van der Waals surface area contributed by atoms with E-state index in [1.165, 1.54) is 0 Å². The molecule has 1 fully saturated rings. The van der Waals surface area contributed by atoms with E-state index in [2.05, 4.69) is 18.7 Å². The predicted molar refractivity (Wildman–Crippen MR) is 75.3 cm³/mol. The zero-order valence-electron chi connectivity index (χ0n) is 11.2. The molecule has 1 aromatic carbocycles. The van der Waals surface area contributed by atoms with E-state index in [0.717, 1.165) is 30.5 Å². The maximum atomic E-state index is 10.5. The van der Waals surface area contributed by atoms with E-state index < -0.39 is 5.97 Å². The lowest BCUT2D eigenvalue weighted by Gasteiger charge is -2.38. The maximum absolute atomic E-state index is 10.5. The molecule has 19 heavy (non-hydrogen) atoms. The highest BCUT2D eigenvalue weighted by Gasteiger charge is 2.23. The first-order valence-electron chi connectivity index (χ1n) is 6.45. The highest BCUT2D eigenvalue weighted by molar-refractivity contribution is 5.85. The Hall–Kier alpha value is -1.81. The third-order valence-electron chi connectivity index (χ3n) is 3.25. The van der Waals surface area contributed by atoms with Gasteiger partial charge in [-0.05, 0) is 37.6 Å². The molecule has 1 saturated heterocycles. The summed E-state index contributed by atoms with van der Waals surface area (Å²) < 4.78 is 5.61. The lowest BCUT2D eigenvalue weighted by atomic mass is 10.1.